The summed E-state index contributed by atoms with van der Waals surface area (Å²) in [6.07, 6.45) is 5.66. The van der Waals surface area contributed by atoms with E-state index in [1.54, 1.807) is 18.2 Å². The molecule has 1 saturated heterocycles. The van der Waals surface area contributed by atoms with Crippen molar-refractivity contribution in [2.24, 2.45) is 11.3 Å². The van der Waals surface area contributed by atoms with Crippen LogP contribution in [0.25, 0.3) is 0 Å². The van der Waals surface area contributed by atoms with E-state index in [9.17, 15) is 23.5 Å². The number of hydrogen-bond acceptors (Lipinski definition) is 5. The number of nitriles is 1. The molecule has 5 nitrogen and oxygen atoms in total. The summed E-state index contributed by atoms with van der Waals surface area (Å²) in [6, 6.07) is 5.28. The number of fused-ring (bicyclic) bond motifs is 3. The fourth-order valence-corrected chi connectivity index (χ4v) is 6.91. The van der Waals surface area contributed by atoms with Gasteiger partial charge in [-0.3, -0.25) is 0 Å². The summed E-state index contributed by atoms with van der Waals surface area (Å²) >= 11 is 0. The predicted molar refractivity (Wildman–Crippen MR) is 129 cm³/mol. The Balaban J connectivity index is 1.55. The first-order valence-electron chi connectivity index (χ1n) is 12.8. The molecule has 194 valence electrons. The Morgan fingerprint density at radius 1 is 1.16 bits per heavy atom. The van der Waals surface area contributed by atoms with E-state index in [2.05, 4.69) is 19.2 Å². The zero-order valence-corrected chi connectivity index (χ0v) is 20.7. The van der Waals surface area contributed by atoms with Crippen molar-refractivity contribution in [1.82, 2.24) is 5.32 Å². The maximum absolute atomic E-state index is 13.5. The van der Waals surface area contributed by atoms with Crippen molar-refractivity contribution in [3.63, 3.8) is 0 Å². The Morgan fingerprint density at radius 2 is 1.89 bits per heavy atom. The van der Waals surface area contributed by atoms with Gasteiger partial charge in [-0.25, -0.2) is 0 Å². The van der Waals surface area contributed by atoms with Crippen LogP contribution in [0.2, 0.25) is 0 Å². The second-order valence-electron chi connectivity index (χ2n) is 11.2. The molecular weight excluding hydrogens is 481 g/mol. The number of aliphatic hydroxyl groups is 1. The number of nitrogens with one attached hydrogen (secondary N) is 1. The molecule has 0 amide bonds. The summed E-state index contributed by atoms with van der Waals surface area (Å²) in [5.74, 6) is 0.0712. The summed E-state index contributed by atoms with van der Waals surface area (Å²) in [6.45, 7) is 4.14. The van der Waals surface area contributed by atoms with Gasteiger partial charge < -0.3 is 19.9 Å². The largest absolute Gasteiger partial charge is 0.473 e. The normalized spacial score (nSPS) is 29.1. The number of benzene rings is 1. The monoisotopic (exact) mass is 510 g/mol. The van der Waals surface area contributed by atoms with Gasteiger partial charge in [0.1, 0.15) is 11.7 Å². The van der Waals surface area contributed by atoms with E-state index in [0.717, 1.165) is 47.7 Å². The number of ether oxygens (including phenoxy) is 2. The molecule has 6 rings (SSSR count). The van der Waals surface area contributed by atoms with E-state index >= 15 is 0 Å². The molecule has 2 N–H and O–H groups in total. The summed E-state index contributed by atoms with van der Waals surface area (Å²) in [5.41, 5.74) is 1.69. The van der Waals surface area contributed by atoms with Crippen LogP contribution in [0, 0.1) is 22.7 Å². The first-order chi connectivity index (χ1) is 17.6. The van der Waals surface area contributed by atoms with Crippen LogP contribution in [0.3, 0.4) is 0 Å². The van der Waals surface area contributed by atoms with Gasteiger partial charge in [-0.1, -0.05) is 26.3 Å². The predicted octanol–water partition coefficient (Wildman–Crippen LogP) is 5.95. The molecule has 2 saturated carbocycles. The van der Waals surface area contributed by atoms with E-state index in [0.29, 0.717) is 12.0 Å². The van der Waals surface area contributed by atoms with E-state index < -0.39 is 35.1 Å². The maximum Gasteiger partial charge on any atom is 0.417 e. The number of hydrogen-bond donors (Lipinski definition) is 2. The second kappa shape index (κ2) is 8.24. The minimum atomic E-state index is -4.63. The molecule has 5 aliphatic rings. The van der Waals surface area contributed by atoms with Gasteiger partial charge in [-0.15, -0.1) is 0 Å². The Morgan fingerprint density at radius 3 is 2.49 bits per heavy atom. The van der Waals surface area contributed by atoms with Crippen LogP contribution in [-0.4, -0.2) is 22.9 Å². The van der Waals surface area contributed by atoms with Gasteiger partial charge in [0.05, 0.1) is 41.9 Å². The third kappa shape index (κ3) is 3.66. The first-order valence-corrected chi connectivity index (χ1v) is 12.8. The van der Waals surface area contributed by atoms with Gasteiger partial charge in [0, 0.05) is 16.8 Å². The minimum Gasteiger partial charge on any atom is -0.473 e. The molecule has 1 aromatic rings. The highest BCUT2D eigenvalue weighted by molar-refractivity contribution is 5.63. The van der Waals surface area contributed by atoms with Crippen LogP contribution in [-0.2, 0) is 15.7 Å². The Hall–Kier alpha value is -3.02. The van der Waals surface area contributed by atoms with Crippen molar-refractivity contribution < 1.29 is 27.8 Å². The highest BCUT2D eigenvalue weighted by atomic mass is 19.4. The van der Waals surface area contributed by atoms with Gasteiger partial charge in [-0.05, 0) is 72.4 Å². The molecule has 2 aliphatic carbocycles. The summed E-state index contributed by atoms with van der Waals surface area (Å²) in [5, 5.41) is 24.8. The molecule has 1 unspecified atom stereocenters. The van der Waals surface area contributed by atoms with Gasteiger partial charge in [0.2, 0.25) is 0 Å². The Labute approximate surface area is 213 Å². The molecule has 0 aromatic heterocycles. The molecule has 0 radical (unpaired) electrons. The van der Waals surface area contributed by atoms with E-state index in [4.69, 9.17) is 9.47 Å². The number of allylic oxidation sites excluding steroid dienone is 1. The summed E-state index contributed by atoms with van der Waals surface area (Å²) < 4.78 is 52.6. The Bertz CT molecular complexity index is 1300. The van der Waals surface area contributed by atoms with Crippen LogP contribution in [0.15, 0.2) is 65.3 Å². The van der Waals surface area contributed by atoms with Crippen LogP contribution < -0.4 is 5.32 Å². The number of alkyl halides is 3. The molecule has 37 heavy (non-hydrogen) atoms. The lowest BCUT2D eigenvalue weighted by molar-refractivity contribution is -0.137. The van der Waals surface area contributed by atoms with Gasteiger partial charge in [-0.2, -0.15) is 18.4 Å². The number of halogens is 3. The third-order valence-electron chi connectivity index (χ3n) is 8.69. The van der Waals surface area contributed by atoms with Crippen molar-refractivity contribution >= 4 is 0 Å². The van der Waals surface area contributed by atoms with Gasteiger partial charge in [0.15, 0.2) is 0 Å². The zero-order valence-electron chi connectivity index (χ0n) is 20.7. The molecule has 3 fully saturated rings. The lowest BCUT2D eigenvalue weighted by Crippen LogP contribution is -2.52. The van der Waals surface area contributed by atoms with Gasteiger partial charge in [0.25, 0.3) is 0 Å². The topological polar surface area (TPSA) is 74.5 Å². The highest BCUT2D eigenvalue weighted by Gasteiger charge is 2.56. The second-order valence-corrected chi connectivity index (χ2v) is 11.2. The van der Waals surface area contributed by atoms with E-state index in [1.807, 2.05) is 0 Å². The zero-order chi connectivity index (χ0) is 26.2. The van der Waals surface area contributed by atoms with Crippen molar-refractivity contribution in [3.05, 3.63) is 82.0 Å². The quantitative estimate of drug-likeness (QED) is 0.515. The molecule has 3 heterocycles. The van der Waals surface area contributed by atoms with Crippen molar-refractivity contribution in [2.75, 3.05) is 0 Å². The number of nitrogens with zero attached hydrogens (tertiary/aromatic N) is 1. The lowest BCUT2D eigenvalue weighted by Gasteiger charge is -2.53. The highest BCUT2D eigenvalue weighted by Crippen LogP contribution is 2.60. The van der Waals surface area contributed by atoms with Gasteiger partial charge >= 0.3 is 6.18 Å². The SMILES string of the molecule is CC(C)C1=C2C(=C3C(CC4(CCC4)C[C@@H]3O)N1)C1(C=COC=C1)O[C@@H]2c1ccc(C(F)(F)F)c(C#N)c1. The lowest BCUT2D eigenvalue weighted by atomic mass is 9.56. The molecule has 2 spiro atoms. The molecular formula is C29H29F3N2O3. The minimum absolute atomic E-state index is 0.0497. The summed E-state index contributed by atoms with van der Waals surface area (Å²) in [4.78, 5) is 0. The van der Waals surface area contributed by atoms with Crippen LogP contribution in [0.5, 0.6) is 0 Å². The first kappa shape index (κ1) is 24.3. The van der Waals surface area contributed by atoms with Crippen LogP contribution in [0.4, 0.5) is 13.2 Å². The maximum atomic E-state index is 13.5. The summed E-state index contributed by atoms with van der Waals surface area (Å²) in [7, 11) is 0. The van der Waals surface area contributed by atoms with Crippen molar-refractivity contribution in [2.45, 2.75) is 76.0 Å². The molecule has 3 aliphatic heterocycles. The van der Waals surface area contributed by atoms with Crippen LogP contribution >= 0.6 is 0 Å². The van der Waals surface area contributed by atoms with Crippen molar-refractivity contribution in [1.29, 1.82) is 5.26 Å². The number of dihydropyridines is 1. The molecule has 1 aromatic carbocycles. The van der Waals surface area contributed by atoms with E-state index in [1.165, 1.54) is 31.1 Å². The van der Waals surface area contributed by atoms with E-state index in [-0.39, 0.29) is 17.4 Å². The average Bonchev–Trinajstić information content (AvgIpc) is 3.15. The third-order valence-corrected chi connectivity index (χ3v) is 8.69. The van der Waals surface area contributed by atoms with Crippen molar-refractivity contribution in [3.8, 4) is 6.07 Å². The Kier molecular flexibility index (Phi) is 5.42. The molecule has 0 bridgehead atoms. The fourth-order valence-electron chi connectivity index (χ4n) is 6.91. The fraction of sp³-hybridized carbons (Fsp3) is 0.483. The molecule has 8 heteroatoms. The molecule has 3 atom stereocenters. The average molecular weight is 511 g/mol. The number of rotatable bonds is 2. The van der Waals surface area contributed by atoms with Crippen LogP contribution in [0.1, 0.15) is 68.7 Å². The smallest absolute Gasteiger partial charge is 0.417 e. The number of aliphatic hydroxyl groups excluding tert-OH is 1. The standard InChI is InChI=1S/C29H29F3N2O3/c1-16(2)25-23-24(22-20(34-25)13-27(6-3-7-27)14-21(22)35)28(8-10-36-11-9-28)37-26(23)17-4-5-19(29(30,31)32)18(12-17)15-33/h4-5,8-12,16,20-21,26,34-35H,3,6-7,13-14H2,1-2H3/t20?,21-,26+/m0/s1.